The summed E-state index contributed by atoms with van der Waals surface area (Å²) in [5, 5.41) is 4.01. The first-order valence-electron chi connectivity index (χ1n) is 8.47. The van der Waals surface area contributed by atoms with Gasteiger partial charge >= 0.3 is 0 Å². The van der Waals surface area contributed by atoms with Crippen LogP contribution in [-0.4, -0.2) is 15.1 Å². The van der Waals surface area contributed by atoms with Gasteiger partial charge in [-0.15, -0.1) is 0 Å². The Morgan fingerprint density at radius 1 is 1.12 bits per heavy atom. The van der Waals surface area contributed by atoms with E-state index in [9.17, 15) is 4.39 Å². The zero-order chi connectivity index (χ0) is 18.3. The second-order valence-corrected chi connectivity index (χ2v) is 6.89. The van der Waals surface area contributed by atoms with Crippen LogP contribution in [0.15, 0.2) is 54.7 Å². The molecule has 132 valence electrons. The maximum atomic E-state index is 13.4. The Kier molecular flexibility index (Phi) is 4.20. The minimum Gasteiger partial charge on any atom is -0.362 e. The van der Waals surface area contributed by atoms with Gasteiger partial charge < -0.3 is 15.2 Å². The molecule has 4 rings (SSSR count). The van der Waals surface area contributed by atoms with Crippen molar-refractivity contribution in [2.45, 2.75) is 25.9 Å². The molecule has 0 saturated carbocycles. The smallest absolute Gasteiger partial charge is 0.174 e. The van der Waals surface area contributed by atoms with E-state index >= 15 is 0 Å². The van der Waals surface area contributed by atoms with Crippen LogP contribution >= 0.6 is 12.2 Å². The number of nitrogens with one attached hydrogen (secondary N) is 2. The number of nitrogens with zero attached hydrogens (tertiary/aromatic N) is 2. The van der Waals surface area contributed by atoms with Crippen LogP contribution in [0.5, 0.6) is 0 Å². The normalized spacial score (nSPS) is 19.7. The largest absolute Gasteiger partial charge is 0.362 e. The summed E-state index contributed by atoms with van der Waals surface area (Å²) >= 11 is 5.64. The second kappa shape index (κ2) is 6.53. The number of thiocarbonyl (C=S) groups is 1. The van der Waals surface area contributed by atoms with Gasteiger partial charge in [-0.2, -0.15) is 0 Å². The average molecular weight is 366 g/mol. The van der Waals surface area contributed by atoms with Crippen LogP contribution in [-0.2, 0) is 0 Å². The number of hydrogen-bond donors (Lipinski definition) is 2. The third kappa shape index (κ3) is 2.86. The van der Waals surface area contributed by atoms with Gasteiger partial charge in [-0.25, -0.2) is 4.39 Å². The van der Waals surface area contributed by atoms with E-state index in [1.165, 1.54) is 12.1 Å². The first-order valence-corrected chi connectivity index (χ1v) is 8.88. The Morgan fingerprint density at radius 3 is 2.50 bits per heavy atom. The maximum Gasteiger partial charge on any atom is 0.174 e. The molecule has 4 nitrogen and oxygen atoms in total. The van der Waals surface area contributed by atoms with Crippen LogP contribution in [0.2, 0.25) is 0 Å². The summed E-state index contributed by atoms with van der Waals surface area (Å²) in [5.41, 5.74) is 5.10. The minimum absolute atomic E-state index is 0.0761. The van der Waals surface area contributed by atoms with E-state index in [2.05, 4.69) is 28.3 Å². The predicted octanol–water partition coefficient (Wildman–Crippen LogP) is 4.34. The molecular weight excluding hydrogens is 347 g/mol. The summed E-state index contributed by atoms with van der Waals surface area (Å²) < 4.78 is 13.4. The number of halogens is 1. The van der Waals surface area contributed by atoms with E-state index in [4.69, 9.17) is 12.2 Å². The van der Waals surface area contributed by atoms with Crippen LogP contribution in [0.4, 0.5) is 10.1 Å². The van der Waals surface area contributed by atoms with Crippen LogP contribution in [0.25, 0.3) is 0 Å². The standard InChI is InChI=1S/C20H19FN4S/c1-12-11-16(13(2)23-12)19-18(17-5-3-4-10-22-17)24-20(26)25(19)15-8-6-14(21)7-9-15/h3-11,18-19,23H,1-2H3,(H,24,26). The highest BCUT2D eigenvalue weighted by atomic mass is 32.1. The fourth-order valence-corrected chi connectivity index (χ4v) is 3.95. The fraction of sp³-hybridized carbons (Fsp3) is 0.200. The Balaban J connectivity index is 1.85. The molecule has 2 unspecified atom stereocenters. The van der Waals surface area contributed by atoms with Gasteiger partial charge in [0.05, 0.1) is 17.8 Å². The molecule has 6 heteroatoms. The highest BCUT2D eigenvalue weighted by Gasteiger charge is 2.41. The minimum atomic E-state index is -0.265. The fourth-order valence-electron chi connectivity index (χ4n) is 3.60. The molecule has 0 radical (unpaired) electrons. The lowest BCUT2D eigenvalue weighted by Crippen LogP contribution is -2.29. The molecule has 1 aromatic carbocycles. The first-order chi connectivity index (χ1) is 12.5. The summed E-state index contributed by atoms with van der Waals surface area (Å²) in [5.74, 6) is -0.265. The molecule has 0 amide bonds. The van der Waals surface area contributed by atoms with Crippen molar-refractivity contribution >= 4 is 23.0 Å². The van der Waals surface area contributed by atoms with Gasteiger partial charge in [0.2, 0.25) is 0 Å². The van der Waals surface area contributed by atoms with Crippen LogP contribution in [0.1, 0.15) is 34.7 Å². The van der Waals surface area contributed by atoms with Gasteiger partial charge in [0, 0.05) is 23.3 Å². The summed E-state index contributed by atoms with van der Waals surface area (Å²) in [4.78, 5) is 9.95. The predicted molar refractivity (Wildman–Crippen MR) is 105 cm³/mol. The van der Waals surface area contributed by atoms with E-state index in [0.29, 0.717) is 5.11 Å². The van der Waals surface area contributed by atoms with Crippen molar-refractivity contribution in [1.82, 2.24) is 15.3 Å². The molecule has 1 aliphatic heterocycles. The highest BCUT2D eigenvalue weighted by Crippen LogP contribution is 2.42. The zero-order valence-electron chi connectivity index (χ0n) is 14.5. The molecule has 0 aliphatic carbocycles. The van der Waals surface area contributed by atoms with Crippen molar-refractivity contribution in [2.75, 3.05) is 4.90 Å². The summed E-state index contributed by atoms with van der Waals surface area (Å²) in [6, 6.07) is 14.3. The number of H-pyrrole nitrogens is 1. The number of rotatable bonds is 3. The van der Waals surface area contributed by atoms with Crippen molar-refractivity contribution in [3.8, 4) is 0 Å². The number of pyridine rings is 1. The Morgan fingerprint density at radius 2 is 1.88 bits per heavy atom. The van der Waals surface area contributed by atoms with E-state index in [0.717, 1.165) is 28.3 Å². The molecule has 26 heavy (non-hydrogen) atoms. The second-order valence-electron chi connectivity index (χ2n) is 6.51. The molecule has 1 saturated heterocycles. The van der Waals surface area contributed by atoms with E-state index in [1.807, 2.05) is 30.0 Å². The zero-order valence-corrected chi connectivity index (χ0v) is 15.3. The van der Waals surface area contributed by atoms with Crippen molar-refractivity contribution in [1.29, 1.82) is 0 Å². The Labute approximate surface area is 157 Å². The van der Waals surface area contributed by atoms with Gasteiger partial charge in [-0.05, 0) is 74.1 Å². The Hall–Kier alpha value is -2.73. The molecule has 3 aromatic rings. The lowest BCUT2D eigenvalue weighted by Gasteiger charge is -2.28. The first kappa shape index (κ1) is 16.7. The molecule has 0 spiro atoms. The van der Waals surface area contributed by atoms with Gasteiger partial charge in [0.15, 0.2) is 5.11 Å². The number of aromatic amines is 1. The summed E-state index contributed by atoms with van der Waals surface area (Å²) in [6.07, 6.45) is 1.78. The molecule has 2 aromatic heterocycles. The Bertz CT molecular complexity index is 936. The number of anilines is 1. The van der Waals surface area contributed by atoms with Gasteiger partial charge in [-0.3, -0.25) is 4.98 Å². The maximum absolute atomic E-state index is 13.4. The number of aromatic nitrogens is 2. The molecule has 2 N–H and O–H groups in total. The molecule has 3 heterocycles. The quantitative estimate of drug-likeness (QED) is 0.677. The molecular formula is C20H19FN4S. The van der Waals surface area contributed by atoms with Crippen molar-refractivity contribution < 1.29 is 4.39 Å². The van der Waals surface area contributed by atoms with Crippen molar-refractivity contribution in [2.24, 2.45) is 0 Å². The SMILES string of the molecule is Cc1cc(C2C(c3ccccn3)NC(=S)N2c2ccc(F)cc2)c(C)[nH]1. The third-order valence-electron chi connectivity index (χ3n) is 4.71. The number of hydrogen-bond acceptors (Lipinski definition) is 2. The van der Waals surface area contributed by atoms with Gasteiger partial charge in [-0.1, -0.05) is 6.07 Å². The molecule has 1 fully saturated rings. The van der Waals surface area contributed by atoms with Crippen LogP contribution < -0.4 is 10.2 Å². The highest BCUT2D eigenvalue weighted by molar-refractivity contribution is 7.80. The van der Waals surface area contributed by atoms with E-state index in [1.54, 1.807) is 18.3 Å². The van der Waals surface area contributed by atoms with Crippen LogP contribution in [0, 0.1) is 19.7 Å². The average Bonchev–Trinajstić information content (AvgIpc) is 3.15. The van der Waals surface area contributed by atoms with Gasteiger partial charge in [0.25, 0.3) is 0 Å². The van der Waals surface area contributed by atoms with Gasteiger partial charge in [0.1, 0.15) is 5.82 Å². The van der Waals surface area contributed by atoms with E-state index < -0.39 is 0 Å². The monoisotopic (exact) mass is 366 g/mol. The summed E-state index contributed by atoms with van der Waals surface area (Å²) in [7, 11) is 0. The van der Waals surface area contributed by atoms with Crippen molar-refractivity contribution in [3.63, 3.8) is 0 Å². The topological polar surface area (TPSA) is 44.0 Å². The lowest BCUT2D eigenvalue weighted by molar-refractivity contribution is 0.565. The third-order valence-corrected chi connectivity index (χ3v) is 5.03. The lowest BCUT2D eigenvalue weighted by atomic mass is 9.96. The van der Waals surface area contributed by atoms with Crippen molar-refractivity contribution in [3.05, 3.63) is 83.2 Å². The molecule has 0 bridgehead atoms. The van der Waals surface area contributed by atoms with Crippen LogP contribution in [0.3, 0.4) is 0 Å². The summed E-state index contributed by atoms with van der Waals surface area (Å²) in [6.45, 7) is 4.09. The number of benzene rings is 1. The number of aryl methyl sites for hydroxylation is 2. The molecule has 1 aliphatic rings. The molecule has 2 atom stereocenters. The van der Waals surface area contributed by atoms with E-state index in [-0.39, 0.29) is 17.9 Å².